The fraction of sp³-hybridized carbons (Fsp3) is 0.0952. The average Bonchev–Trinajstić information content (AvgIpc) is 3.66. The zero-order chi connectivity index (χ0) is 29.0. The van der Waals surface area contributed by atoms with Crippen molar-refractivity contribution in [2.45, 2.75) is 12.8 Å². The van der Waals surface area contributed by atoms with E-state index >= 15 is 0 Å². The maximum Gasteiger partial charge on any atom is 0.0362 e. The molecular weight excluding hydrogens is 569 g/mol. The molecule has 0 spiro atoms. The second kappa shape index (κ2) is 10.6. The van der Waals surface area contributed by atoms with Crippen molar-refractivity contribution in [2.75, 3.05) is 0 Å². The van der Waals surface area contributed by atoms with Gasteiger partial charge in [-0.1, -0.05) is 103 Å². The summed E-state index contributed by atoms with van der Waals surface area (Å²) in [6.45, 7) is 0. The first kappa shape index (κ1) is 25.9. The summed E-state index contributed by atoms with van der Waals surface area (Å²) in [4.78, 5) is 0. The van der Waals surface area contributed by atoms with E-state index < -0.39 is 0 Å². The second-order valence-corrected chi connectivity index (χ2v) is 14.2. The number of thiophene rings is 2. The Bertz CT molecular complexity index is 2340. The first-order valence-corrected chi connectivity index (χ1v) is 17.1. The SMILES string of the molecule is C1=CCC(C2C=CC=C(c3ccc4sc5ccc6sc7ccc(-c8cccc(-c9ccccc9)c8)cc7c6c5c4c3)C2)C=C1. The van der Waals surface area contributed by atoms with Crippen LogP contribution in [0, 0.1) is 11.8 Å². The molecule has 0 nitrogen and oxygen atoms in total. The van der Waals surface area contributed by atoms with Crippen molar-refractivity contribution in [3.63, 3.8) is 0 Å². The maximum absolute atomic E-state index is 2.48. The van der Waals surface area contributed by atoms with E-state index in [0.717, 1.165) is 12.8 Å². The lowest BCUT2D eigenvalue weighted by atomic mass is 9.79. The van der Waals surface area contributed by atoms with Crippen molar-refractivity contribution in [2.24, 2.45) is 11.8 Å². The molecule has 7 aromatic rings. The van der Waals surface area contributed by atoms with E-state index in [1.54, 1.807) is 0 Å². The van der Waals surface area contributed by atoms with Crippen LogP contribution < -0.4 is 0 Å². The van der Waals surface area contributed by atoms with Crippen molar-refractivity contribution >= 4 is 68.6 Å². The fourth-order valence-electron chi connectivity index (χ4n) is 7.15. The summed E-state index contributed by atoms with van der Waals surface area (Å²) in [5.74, 6) is 1.14. The molecule has 2 unspecified atom stereocenters. The molecule has 0 saturated heterocycles. The molecule has 0 bridgehead atoms. The molecule has 210 valence electrons. The number of hydrogen-bond acceptors (Lipinski definition) is 2. The third kappa shape index (κ3) is 4.40. The topological polar surface area (TPSA) is 0 Å². The summed E-state index contributed by atoms with van der Waals surface area (Å²) >= 11 is 3.83. The first-order valence-electron chi connectivity index (χ1n) is 15.5. The summed E-state index contributed by atoms with van der Waals surface area (Å²) in [6, 6.07) is 38.5. The van der Waals surface area contributed by atoms with Gasteiger partial charge in [0.1, 0.15) is 0 Å². The van der Waals surface area contributed by atoms with Crippen molar-refractivity contribution in [1.82, 2.24) is 0 Å². The van der Waals surface area contributed by atoms with E-state index in [9.17, 15) is 0 Å². The number of allylic oxidation sites excluding steroid dienone is 8. The summed E-state index contributed by atoms with van der Waals surface area (Å²) in [5, 5.41) is 5.56. The van der Waals surface area contributed by atoms with Crippen molar-refractivity contribution in [3.05, 3.63) is 151 Å². The monoisotopic (exact) mass is 598 g/mol. The smallest absolute Gasteiger partial charge is 0.0362 e. The van der Waals surface area contributed by atoms with Gasteiger partial charge in [0, 0.05) is 40.3 Å². The standard InChI is InChI=1S/C42H30S2/c1-3-9-27(10-4-1)29-13-7-15-31(23-29)33-17-19-37-35(25-33)41-39(43-37)21-22-40-42(41)36-26-34(18-20-38(36)44-40)32-16-8-14-30(24-32)28-11-5-2-6-12-28/h1-11,13-23,25-26,28,30H,12,24H2. The van der Waals surface area contributed by atoms with Crippen LogP contribution in [0.1, 0.15) is 18.4 Å². The van der Waals surface area contributed by atoms with Crippen LogP contribution in [0.5, 0.6) is 0 Å². The van der Waals surface area contributed by atoms with E-state index in [1.165, 1.54) is 73.7 Å². The highest BCUT2D eigenvalue weighted by molar-refractivity contribution is 7.28. The van der Waals surface area contributed by atoms with Gasteiger partial charge in [-0.05, 0) is 101 Å². The van der Waals surface area contributed by atoms with Gasteiger partial charge >= 0.3 is 0 Å². The van der Waals surface area contributed by atoms with Crippen molar-refractivity contribution in [1.29, 1.82) is 0 Å². The van der Waals surface area contributed by atoms with E-state index in [4.69, 9.17) is 0 Å². The number of fused-ring (bicyclic) bond motifs is 7. The summed E-state index contributed by atoms with van der Waals surface area (Å²) < 4.78 is 5.45. The lowest BCUT2D eigenvalue weighted by Gasteiger charge is -2.26. The predicted octanol–water partition coefficient (Wildman–Crippen LogP) is 12.8. The van der Waals surface area contributed by atoms with Gasteiger partial charge < -0.3 is 0 Å². The molecule has 2 aromatic heterocycles. The molecule has 0 N–H and O–H groups in total. The highest BCUT2D eigenvalue weighted by Crippen LogP contribution is 2.46. The minimum absolute atomic E-state index is 0.553. The quantitative estimate of drug-likeness (QED) is 0.189. The Labute approximate surface area is 265 Å². The maximum atomic E-state index is 2.48. The van der Waals surface area contributed by atoms with Crippen LogP contribution in [0.4, 0.5) is 0 Å². The molecule has 0 amide bonds. The molecule has 9 rings (SSSR count). The van der Waals surface area contributed by atoms with Crippen LogP contribution in [-0.4, -0.2) is 0 Å². The molecule has 0 fully saturated rings. The molecule has 44 heavy (non-hydrogen) atoms. The minimum atomic E-state index is 0.553. The Morgan fingerprint density at radius 1 is 0.477 bits per heavy atom. The molecular formula is C42H30S2. The third-order valence-corrected chi connectivity index (χ3v) is 11.7. The molecule has 2 heteroatoms. The van der Waals surface area contributed by atoms with Crippen LogP contribution in [0.2, 0.25) is 0 Å². The molecule has 5 aromatic carbocycles. The van der Waals surface area contributed by atoms with Crippen LogP contribution in [-0.2, 0) is 0 Å². The molecule has 0 saturated carbocycles. The lowest BCUT2D eigenvalue weighted by Crippen LogP contribution is -2.13. The van der Waals surface area contributed by atoms with E-state index in [2.05, 4.69) is 146 Å². The molecule has 2 atom stereocenters. The van der Waals surface area contributed by atoms with Crippen LogP contribution in [0.25, 0.3) is 68.2 Å². The number of benzene rings is 5. The Morgan fingerprint density at radius 3 is 1.82 bits per heavy atom. The lowest BCUT2D eigenvalue weighted by molar-refractivity contribution is 0.483. The van der Waals surface area contributed by atoms with Gasteiger partial charge in [0.25, 0.3) is 0 Å². The van der Waals surface area contributed by atoms with Gasteiger partial charge in [-0.2, -0.15) is 0 Å². The second-order valence-electron chi connectivity index (χ2n) is 12.0. The van der Waals surface area contributed by atoms with Gasteiger partial charge in [-0.25, -0.2) is 0 Å². The highest BCUT2D eigenvalue weighted by atomic mass is 32.1. The normalized spacial score (nSPS) is 18.1. The van der Waals surface area contributed by atoms with Gasteiger partial charge in [0.15, 0.2) is 0 Å². The fourth-order valence-corrected chi connectivity index (χ4v) is 9.34. The molecule has 2 aliphatic rings. The Kier molecular flexibility index (Phi) is 6.25. The third-order valence-electron chi connectivity index (χ3n) is 9.42. The highest BCUT2D eigenvalue weighted by Gasteiger charge is 2.22. The zero-order valence-corrected chi connectivity index (χ0v) is 25.9. The van der Waals surface area contributed by atoms with Gasteiger partial charge in [-0.3, -0.25) is 0 Å². The zero-order valence-electron chi connectivity index (χ0n) is 24.2. The molecule has 0 radical (unpaired) electrons. The van der Waals surface area contributed by atoms with Crippen molar-refractivity contribution < 1.29 is 0 Å². The number of hydrogen-bond donors (Lipinski definition) is 0. The van der Waals surface area contributed by atoms with Crippen LogP contribution in [0.3, 0.4) is 0 Å². The summed E-state index contributed by atoms with van der Waals surface area (Å²) in [6.07, 6.45) is 18.3. The van der Waals surface area contributed by atoms with Crippen LogP contribution >= 0.6 is 22.7 Å². The number of rotatable bonds is 4. The van der Waals surface area contributed by atoms with Gasteiger partial charge in [0.2, 0.25) is 0 Å². The van der Waals surface area contributed by atoms with Gasteiger partial charge in [0.05, 0.1) is 0 Å². The van der Waals surface area contributed by atoms with E-state index in [0.29, 0.717) is 11.8 Å². The van der Waals surface area contributed by atoms with Crippen molar-refractivity contribution in [3.8, 4) is 22.3 Å². The summed E-state index contributed by atoms with van der Waals surface area (Å²) in [5.41, 5.74) is 7.83. The Morgan fingerprint density at radius 2 is 1.09 bits per heavy atom. The van der Waals surface area contributed by atoms with Gasteiger partial charge in [-0.15, -0.1) is 22.7 Å². The Balaban J connectivity index is 1.17. The molecule has 2 aliphatic carbocycles. The summed E-state index contributed by atoms with van der Waals surface area (Å²) in [7, 11) is 0. The Hall–Kier alpha value is -4.50. The molecule has 0 aliphatic heterocycles. The predicted molar refractivity (Wildman–Crippen MR) is 195 cm³/mol. The minimum Gasteiger partial charge on any atom is -0.135 e. The first-order chi connectivity index (χ1) is 21.8. The van der Waals surface area contributed by atoms with E-state index in [-0.39, 0.29) is 0 Å². The van der Waals surface area contributed by atoms with E-state index in [1.807, 2.05) is 22.7 Å². The molecule has 2 heterocycles. The largest absolute Gasteiger partial charge is 0.135 e. The van der Waals surface area contributed by atoms with Crippen LogP contribution in [0.15, 0.2) is 146 Å². The average molecular weight is 599 g/mol.